The molecule has 1 aromatic carbocycles. The molecule has 0 fully saturated rings. The van der Waals surface area contributed by atoms with Gasteiger partial charge in [0.1, 0.15) is 6.29 Å². The molecule has 5 heteroatoms. The van der Waals surface area contributed by atoms with Gasteiger partial charge in [0.05, 0.1) is 16.4 Å². The molecule has 0 aliphatic rings. The van der Waals surface area contributed by atoms with Gasteiger partial charge in [-0.1, -0.05) is 13.8 Å². The molecule has 0 unspecified atom stereocenters. The molecule has 1 rings (SSSR count). The number of nitro groups is 1. The van der Waals surface area contributed by atoms with Crippen molar-refractivity contribution in [2.24, 2.45) is 5.41 Å². The van der Waals surface area contributed by atoms with E-state index in [2.05, 4.69) is 0 Å². The summed E-state index contributed by atoms with van der Waals surface area (Å²) in [5.74, 6) is 0. The summed E-state index contributed by atoms with van der Waals surface area (Å²) in [5.41, 5.74) is -0.460. The van der Waals surface area contributed by atoms with E-state index in [4.69, 9.17) is 0 Å². The molecule has 86 valence electrons. The molecule has 1 N–H and O–H groups in total. The lowest BCUT2D eigenvalue weighted by atomic mass is 9.84. The summed E-state index contributed by atoms with van der Waals surface area (Å²) < 4.78 is 0. The number of hydrogen-bond acceptors (Lipinski definition) is 4. The van der Waals surface area contributed by atoms with Crippen LogP contribution in [0.1, 0.15) is 25.5 Å². The number of aliphatic hydroxyl groups is 1. The number of carbonyl (C=O) groups is 1. The van der Waals surface area contributed by atoms with Gasteiger partial charge in [0.2, 0.25) is 0 Å². The Morgan fingerprint density at radius 3 is 2.25 bits per heavy atom. The zero-order chi connectivity index (χ0) is 12.3. The van der Waals surface area contributed by atoms with Crippen molar-refractivity contribution in [3.8, 4) is 0 Å². The normalized spacial score (nSPS) is 13.2. The summed E-state index contributed by atoms with van der Waals surface area (Å²) in [4.78, 5) is 20.7. The molecule has 1 atom stereocenters. The third kappa shape index (κ3) is 2.43. The Labute approximate surface area is 92.9 Å². The van der Waals surface area contributed by atoms with Gasteiger partial charge in [-0.3, -0.25) is 10.1 Å². The molecule has 0 aliphatic heterocycles. The highest BCUT2D eigenvalue weighted by molar-refractivity contribution is 5.60. The van der Waals surface area contributed by atoms with Gasteiger partial charge in [0.25, 0.3) is 5.69 Å². The van der Waals surface area contributed by atoms with Gasteiger partial charge in [-0.25, -0.2) is 0 Å². The van der Waals surface area contributed by atoms with Crippen LogP contribution in [0.5, 0.6) is 0 Å². The van der Waals surface area contributed by atoms with Crippen LogP contribution in [0.4, 0.5) is 5.69 Å². The van der Waals surface area contributed by atoms with Crippen molar-refractivity contribution in [2.75, 3.05) is 0 Å². The number of hydrogen-bond donors (Lipinski definition) is 1. The second-order valence-electron chi connectivity index (χ2n) is 4.19. The molecule has 0 saturated heterocycles. The van der Waals surface area contributed by atoms with Crippen LogP contribution < -0.4 is 0 Å². The molecule has 5 nitrogen and oxygen atoms in total. The molecule has 16 heavy (non-hydrogen) atoms. The molecular formula is C11H13NO4. The molecule has 0 spiro atoms. The van der Waals surface area contributed by atoms with Crippen LogP contribution in [-0.2, 0) is 4.79 Å². The molecule has 0 aromatic heterocycles. The lowest BCUT2D eigenvalue weighted by molar-refractivity contribution is -0.384. The van der Waals surface area contributed by atoms with E-state index in [9.17, 15) is 20.0 Å². The Morgan fingerprint density at radius 2 is 1.88 bits per heavy atom. The monoisotopic (exact) mass is 223 g/mol. The van der Waals surface area contributed by atoms with Gasteiger partial charge in [-0.15, -0.1) is 0 Å². The number of carbonyl (C=O) groups excluding carboxylic acids is 1. The zero-order valence-corrected chi connectivity index (χ0v) is 9.08. The number of benzene rings is 1. The standard InChI is InChI=1S/C11H13NO4/c1-11(2,7-13)10(14)8-3-5-9(6-4-8)12(15)16/h3-7,10,14H,1-2H3/t10-/m1/s1. The van der Waals surface area contributed by atoms with E-state index in [0.29, 0.717) is 11.8 Å². The van der Waals surface area contributed by atoms with E-state index in [-0.39, 0.29) is 5.69 Å². The second-order valence-corrected chi connectivity index (χ2v) is 4.19. The van der Waals surface area contributed by atoms with E-state index < -0.39 is 16.4 Å². The quantitative estimate of drug-likeness (QED) is 0.480. The maximum atomic E-state index is 10.7. The van der Waals surface area contributed by atoms with Crippen molar-refractivity contribution in [3.05, 3.63) is 39.9 Å². The second kappa shape index (κ2) is 4.40. The van der Waals surface area contributed by atoms with Gasteiger partial charge < -0.3 is 9.90 Å². The lowest BCUT2D eigenvalue weighted by Gasteiger charge is -2.24. The molecule has 0 radical (unpaired) electrons. The Morgan fingerprint density at radius 1 is 1.38 bits per heavy atom. The fourth-order valence-electron chi connectivity index (χ4n) is 1.27. The molecule has 1 aromatic rings. The van der Waals surface area contributed by atoms with Crippen LogP contribution in [0.2, 0.25) is 0 Å². The highest BCUT2D eigenvalue weighted by atomic mass is 16.6. The highest BCUT2D eigenvalue weighted by Crippen LogP contribution is 2.31. The third-order valence-corrected chi connectivity index (χ3v) is 2.43. The minimum absolute atomic E-state index is 0.0418. The van der Waals surface area contributed by atoms with Crippen LogP contribution in [0.25, 0.3) is 0 Å². The van der Waals surface area contributed by atoms with Gasteiger partial charge in [-0.2, -0.15) is 0 Å². The fraction of sp³-hybridized carbons (Fsp3) is 0.364. The number of aliphatic hydroxyl groups excluding tert-OH is 1. The summed E-state index contributed by atoms with van der Waals surface area (Å²) in [7, 11) is 0. The van der Waals surface area contributed by atoms with E-state index in [1.54, 1.807) is 13.8 Å². The van der Waals surface area contributed by atoms with Gasteiger partial charge in [0, 0.05) is 12.1 Å². The molecular weight excluding hydrogens is 210 g/mol. The van der Waals surface area contributed by atoms with Crippen molar-refractivity contribution in [2.45, 2.75) is 20.0 Å². The average molecular weight is 223 g/mol. The van der Waals surface area contributed by atoms with Crippen LogP contribution in [0.15, 0.2) is 24.3 Å². The third-order valence-electron chi connectivity index (χ3n) is 2.43. The maximum absolute atomic E-state index is 10.7. The van der Waals surface area contributed by atoms with Gasteiger partial charge >= 0.3 is 0 Å². The minimum atomic E-state index is -0.967. The smallest absolute Gasteiger partial charge is 0.269 e. The SMILES string of the molecule is CC(C)(C=O)[C@H](O)c1ccc([N+](=O)[O-])cc1. The molecule has 0 aliphatic carbocycles. The summed E-state index contributed by atoms with van der Waals surface area (Å²) in [6.07, 6.45) is -0.301. The Hall–Kier alpha value is -1.75. The van der Waals surface area contributed by atoms with Gasteiger partial charge in [-0.05, 0) is 17.7 Å². The summed E-state index contributed by atoms with van der Waals surface area (Å²) in [6.45, 7) is 3.21. The molecule has 0 heterocycles. The number of aldehydes is 1. The van der Waals surface area contributed by atoms with Gasteiger partial charge in [0.15, 0.2) is 0 Å². The lowest BCUT2D eigenvalue weighted by Crippen LogP contribution is -2.23. The van der Waals surface area contributed by atoms with Crippen LogP contribution in [0.3, 0.4) is 0 Å². The average Bonchev–Trinajstić information content (AvgIpc) is 2.28. The summed E-state index contributed by atoms with van der Waals surface area (Å²) >= 11 is 0. The van der Waals surface area contributed by atoms with Crippen LogP contribution in [0, 0.1) is 15.5 Å². The Kier molecular flexibility index (Phi) is 3.39. The first-order chi connectivity index (χ1) is 7.38. The number of non-ortho nitro benzene ring substituents is 1. The molecule has 0 amide bonds. The number of rotatable bonds is 4. The Balaban J connectivity index is 2.98. The topological polar surface area (TPSA) is 80.4 Å². The first-order valence-electron chi connectivity index (χ1n) is 4.77. The predicted octanol–water partition coefficient (Wildman–Crippen LogP) is 1.85. The first kappa shape index (κ1) is 12.3. The van der Waals surface area contributed by atoms with Crippen molar-refractivity contribution in [1.29, 1.82) is 0 Å². The Bertz CT molecular complexity index is 397. The first-order valence-corrected chi connectivity index (χ1v) is 4.77. The minimum Gasteiger partial charge on any atom is -0.387 e. The number of nitro benzene ring substituents is 1. The summed E-state index contributed by atoms with van der Waals surface area (Å²) in [5, 5.41) is 20.3. The predicted molar refractivity (Wildman–Crippen MR) is 57.9 cm³/mol. The largest absolute Gasteiger partial charge is 0.387 e. The molecule has 0 saturated carbocycles. The van der Waals surface area contributed by atoms with E-state index in [1.165, 1.54) is 24.3 Å². The van der Waals surface area contributed by atoms with E-state index >= 15 is 0 Å². The number of nitrogens with zero attached hydrogens (tertiary/aromatic N) is 1. The molecule has 0 bridgehead atoms. The highest BCUT2D eigenvalue weighted by Gasteiger charge is 2.28. The van der Waals surface area contributed by atoms with Crippen molar-refractivity contribution >= 4 is 12.0 Å². The van der Waals surface area contributed by atoms with E-state index in [1.807, 2.05) is 0 Å². The zero-order valence-electron chi connectivity index (χ0n) is 9.08. The summed E-state index contributed by atoms with van der Waals surface area (Å²) in [6, 6.07) is 5.51. The van der Waals surface area contributed by atoms with Crippen LogP contribution >= 0.6 is 0 Å². The fourth-order valence-corrected chi connectivity index (χ4v) is 1.27. The van der Waals surface area contributed by atoms with Crippen LogP contribution in [-0.4, -0.2) is 16.3 Å². The van der Waals surface area contributed by atoms with Crippen molar-refractivity contribution in [3.63, 3.8) is 0 Å². The van der Waals surface area contributed by atoms with Crippen molar-refractivity contribution in [1.82, 2.24) is 0 Å². The van der Waals surface area contributed by atoms with E-state index in [0.717, 1.165) is 0 Å². The van der Waals surface area contributed by atoms with Crippen molar-refractivity contribution < 1.29 is 14.8 Å². The maximum Gasteiger partial charge on any atom is 0.269 e.